The Kier molecular flexibility index (Phi) is 7.93. The van der Waals surface area contributed by atoms with E-state index in [-0.39, 0.29) is 6.10 Å². The van der Waals surface area contributed by atoms with Crippen LogP contribution in [0.4, 0.5) is 0 Å². The zero-order valence-corrected chi connectivity index (χ0v) is 19.3. The van der Waals surface area contributed by atoms with Gasteiger partial charge in [-0.2, -0.15) is 0 Å². The number of aryl methyl sites for hydroxylation is 4. The molecule has 1 aromatic heterocycles. The molecule has 1 N–H and O–H groups in total. The number of ether oxygens (including phenoxy) is 1. The Balaban J connectivity index is 1.20. The molecule has 0 radical (unpaired) electrons. The van der Waals surface area contributed by atoms with E-state index in [1.165, 1.54) is 41.8 Å². The molecule has 2 aromatic rings. The molecule has 0 amide bonds. The fraction of sp³-hybridized carbons (Fsp3) is 0.556. The molecule has 0 saturated carbocycles. The first-order chi connectivity index (χ1) is 15.6. The molecule has 2 heterocycles. The van der Waals surface area contributed by atoms with Crippen molar-refractivity contribution in [3.8, 4) is 0 Å². The maximum atomic E-state index is 12.0. The van der Waals surface area contributed by atoms with Crippen molar-refractivity contribution in [3.05, 3.63) is 64.5 Å². The quantitative estimate of drug-likeness (QED) is 0.544. The molecule has 4 rings (SSSR count). The number of aliphatic carboxylic acids is 1. The summed E-state index contributed by atoms with van der Waals surface area (Å²) in [7, 11) is 0. The fourth-order valence-electron chi connectivity index (χ4n) is 4.99. The second kappa shape index (κ2) is 11.1. The summed E-state index contributed by atoms with van der Waals surface area (Å²) in [6.07, 6.45) is 9.93. The summed E-state index contributed by atoms with van der Waals surface area (Å²) in [5.41, 5.74) is 6.04. The number of nitrogens with zero attached hydrogens (tertiary/aromatic N) is 2. The van der Waals surface area contributed by atoms with Crippen LogP contribution in [-0.4, -0.2) is 46.8 Å². The lowest BCUT2D eigenvalue weighted by atomic mass is 9.95. The van der Waals surface area contributed by atoms with Crippen LogP contribution >= 0.6 is 0 Å². The van der Waals surface area contributed by atoms with Gasteiger partial charge in [-0.25, -0.2) is 0 Å². The SMILES string of the molecule is CCc1ccc(C(C(=O)O)N2CC[C@@H](OCCCCc3ccc4c(n3)CCCC4)C2)cc1. The average Bonchev–Trinajstić information content (AvgIpc) is 3.27. The third-order valence-electron chi connectivity index (χ3n) is 6.90. The molecule has 0 bridgehead atoms. The predicted molar refractivity (Wildman–Crippen MR) is 126 cm³/mol. The molecule has 5 nitrogen and oxygen atoms in total. The molecule has 32 heavy (non-hydrogen) atoms. The summed E-state index contributed by atoms with van der Waals surface area (Å²) < 4.78 is 6.11. The lowest BCUT2D eigenvalue weighted by Gasteiger charge is -2.24. The first-order valence-corrected chi connectivity index (χ1v) is 12.3. The Morgan fingerprint density at radius 2 is 1.97 bits per heavy atom. The van der Waals surface area contributed by atoms with Crippen LogP contribution in [0.2, 0.25) is 0 Å². The summed E-state index contributed by atoms with van der Waals surface area (Å²) >= 11 is 0. The Labute approximate surface area is 191 Å². The van der Waals surface area contributed by atoms with Crippen molar-refractivity contribution in [3.63, 3.8) is 0 Å². The number of unbranched alkanes of at least 4 members (excludes halogenated alkanes) is 1. The second-order valence-corrected chi connectivity index (χ2v) is 9.18. The van der Waals surface area contributed by atoms with Gasteiger partial charge in [-0.05, 0) is 80.5 Å². The smallest absolute Gasteiger partial charge is 0.325 e. The van der Waals surface area contributed by atoms with Gasteiger partial charge in [0.25, 0.3) is 0 Å². The van der Waals surface area contributed by atoms with Crippen molar-refractivity contribution in [2.45, 2.75) is 76.9 Å². The minimum atomic E-state index is -0.785. The zero-order valence-electron chi connectivity index (χ0n) is 19.3. The summed E-state index contributed by atoms with van der Waals surface area (Å²) in [5, 5.41) is 9.84. The van der Waals surface area contributed by atoms with E-state index >= 15 is 0 Å². The number of aromatic nitrogens is 1. The molecule has 0 spiro atoms. The van der Waals surface area contributed by atoms with Crippen molar-refractivity contribution in [1.82, 2.24) is 9.88 Å². The summed E-state index contributed by atoms with van der Waals surface area (Å²) in [6, 6.07) is 11.9. The lowest BCUT2D eigenvalue weighted by molar-refractivity contribution is -0.143. The topological polar surface area (TPSA) is 62.7 Å². The molecule has 1 fully saturated rings. The lowest BCUT2D eigenvalue weighted by Crippen LogP contribution is -2.33. The Morgan fingerprint density at radius 1 is 1.16 bits per heavy atom. The van der Waals surface area contributed by atoms with Gasteiger partial charge in [0, 0.05) is 31.1 Å². The van der Waals surface area contributed by atoms with E-state index in [1.54, 1.807) is 0 Å². The molecule has 2 aliphatic rings. The molecule has 1 aromatic carbocycles. The van der Waals surface area contributed by atoms with Crippen LogP contribution in [0.5, 0.6) is 0 Å². The van der Waals surface area contributed by atoms with Gasteiger partial charge >= 0.3 is 5.97 Å². The van der Waals surface area contributed by atoms with Crippen molar-refractivity contribution in [2.24, 2.45) is 0 Å². The molecule has 2 atom stereocenters. The van der Waals surface area contributed by atoms with Gasteiger partial charge < -0.3 is 9.84 Å². The largest absolute Gasteiger partial charge is 0.480 e. The van der Waals surface area contributed by atoms with Crippen molar-refractivity contribution in [2.75, 3.05) is 19.7 Å². The van der Waals surface area contributed by atoms with Gasteiger partial charge in [0.2, 0.25) is 0 Å². The van der Waals surface area contributed by atoms with Crippen molar-refractivity contribution >= 4 is 5.97 Å². The normalized spacial score (nSPS) is 19.6. The average molecular weight is 437 g/mol. The number of carboxylic acid groups (broad SMARTS) is 1. The zero-order chi connectivity index (χ0) is 22.3. The number of fused-ring (bicyclic) bond motifs is 1. The van der Waals surface area contributed by atoms with Gasteiger partial charge in [-0.1, -0.05) is 37.3 Å². The van der Waals surface area contributed by atoms with E-state index in [1.807, 2.05) is 29.2 Å². The van der Waals surface area contributed by atoms with Crippen LogP contribution < -0.4 is 0 Å². The van der Waals surface area contributed by atoms with E-state index in [2.05, 4.69) is 19.1 Å². The highest BCUT2D eigenvalue weighted by atomic mass is 16.5. The van der Waals surface area contributed by atoms with E-state index in [0.29, 0.717) is 6.54 Å². The van der Waals surface area contributed by atoms with Gasteiger partial charge in [0.1, 0.15) is 6.04 Å². The van der Waals surface area contributed by atoms with Gasteiger partial charge in [-0.3, -0.25) is 14.7 Å². The maximum Gasteiger partial charge on any atom is 0.325 e. The van der Waals surface area contributed by atoms with Gasteiger partial charge in [0.15, 0.2) is 0 Å². The van der Waals surface area contributed by atoms with E-state index in [4.69, 9.17) is 9.72 Å². The maximum absolute atomic E-state index is 12.0. The molecule has 172 valence electrons. The number of rotatable bonds is 10. The number of benzene rings is 1. The van der Waals surface area contributed by atoms with Crippen LogP contribution in [-0.2, 0) is 35.2 Å². The highest BCUT2D eigenvalue weighted by molar-refractivity contribution is 5.75. The standard InChI is InChI=1S/C27H36N2O3/c1-2-20-10-12-22(13-11-20)26(27(30)31)29-17-16-24(19-29)32-18-6-5-8-23-15-14-21-7-3-4-9-25(21)28-23/h10-15,24,26H,2-9,16-19H2,1H3,(H,30,31)/t24-,26?/m1/s1. The number of carboxylic acids is 1. The third-order valence-corrected chi connectivity index (χ3v) is 6.90. The molecular formula is C27H36N2O3. The summed E-state index contributed by atoms with van der Waals surface area (Å²) in [6.45, 7) is 4.27. The first-order valence-electron chi connectivity index (χ1n) is 12.3. The molecule has 5 heteroatoms. The van der Waals surface area contributed by atoms with E-state index < -0.39 is 12.0 Å². The number of likely N-dealkylation sites (tertiary alicyclic amines) is 1. The predicted octanol–water partition coefficient (Wildman–Crippen LogP) is 4.76. The summed E-state index contributed by atoms with van der Waals surface area (Å²) in [4.78, 5) is 18.9. The van der Waals surface area contributed by atoms with Crippen molar-refractivity contribution in [1.29, 1.82) is 0 Å². The van der Waals surface area contributed by atoms with E-state index in [0.717, 1.165) is 57.2 Å². The number of pyridine rings is 1. The Bertz CT molecular complexity index is 896. The first kappa shape index (κ1) is 22.9. The monoisotopic (exact) mass is 436 g/mol. The van der Waals surface area contributed by atoms with Crippen LogP contribution in [0.15, 0.2) is 36.4 Å². The van der Waals surface area contributed by atoms with Crippen molar-refractivity contribution < 1.29 is 14.6 Å². The minimum Gasteiger partial charge on any atom is -0.480 e. The van der Waals surface area contributed by atoms with Crippen LogP contribution in [0, 0.1) is 0 Å². The molecule has 1 unspecified atom stereocenters. The van der Waals surface area contributed by atoms with Gasteiger partial charge in [0.05, 0.1) is 6.10 Å². The fourth-order valence-corrected chi connectivity index (χ4v) is 4.99. The molecule has 1 aliphatic heterocycles. The van der Waals surface area contributed by atoms with E-state index in [9.17, 15) is 9.90 Å². The molecule has 1 saturated heterocycles. The van der Waals surface area contributed by atoms with Crippen LogP contribution in [0.1, 0.15) is 73.1 Å². The minimum absolute atomic E-state index is 0.119. The summed E-state index contributed by atoms with van der Waals surface area (Å²) in [5.74, 6) is -0.785. The number of hydrogen-bond donors (Lipinski definition) is 1. The van der Waals surface area contributed by atoms with Crippen LogP contribution in [0.3, 0.4) is 0 Å². The highest BCUT2D eigenvalue weighted by Crippen LogP contribution is 2.27. The second-order valence-electron chi connectivity index (χ2n) is 9.18. The molecule has 1 aliphatic carbocycles. The highest BCUT2D eigenvalue weighted by Gasteiger charge is 2.33. The number of carbonyl (C=O) groups is 1. The third kappa shape index (κ3) is 5.76. The Morgan fingerprint density at radius 3 is 2.75 bits per heavy atom. The van der Waals surface area contributed by atoms with Crippen LogP contribution in [0.25, 0.3) is 0 Å². The molecular weight excluding hydrogens is 400 g/mol. The van der Waals surface area contributed by atoms with Gasteiger partial charge in [-0.15, -0.1) is 0 Å². The number of hydrogen-bond acceptors (Lipinski definition) is 4. The Hall–Kier alpha value is -2.24.